The minimum Gasteiger partial charge on any atom is -0.458 e. The Morgan fingerprint density at radius 2 is 2.00 bits per heavy atom. The number of nitrogens with one attached hydrogen (secondary N) is 1. The SMILES string of the molecule is CC(=O)Nc1cn(CC2CCCN(C3(C(=O)OC(C)(C)C)C=CC=CC3)C2)c2ccccc12. The van der Waals surface area contributed by atoms with Crippen molar-refractivity contribution >= 4 is 28.5 Å². The number of esters is 1. The minimum atomic E-state index is -0.749. The molecule has 6 heteroatoms. The highest BCUT2D eigenvalue weighted by Gasteiger charge is 2.46. The second-order valence-electron chi connectivity index (χ2n) is 10.3. The van der Waals surface area contributed by atoms with Crippen molar-refractivity contribution in [2.75, 3.05) is 18.4 Å². The van der Waals surface area contributed by atoms with Crippen LogP contribution in [0.4, 0.5) is 5.69 Å². The largest absolute Gasteiger partial charge is 0.458 e. The molecule has 2 heterocycles. The van der Waals surface area contributed by atoms with Crippen LogP contribution in [0.1, 0.15) is 47.0 Å². The Labute approximate surface area is 196 Å². The number of piperidine rings is 1. The normalized spacial score (nSPS) is 23.6. The van der Waals surface area contributed by atoms with Crippen LogP contribution in [0.3, 0.4) is 0 Å². The summed E-state index contributed by atoms with van der Waals surface area (Å²) in [5.74, 6) is 0.146. The molecule has 33 heavy (non-hydrogen) atoms. The Morgan fingerprint density at radius 3 is 2.70 bits per heavy atom. The van der Waals surface area contributed by atoms with Crippen molar-refractivity contribution in [3.8, 4) is 0 Å². The third-order valence-electron chi connectivity index (χ3n) is 6.44. The molecule has 2 aliphatic rings. The number of anilines is 1. The number of rotatable bonds is 5. The molecule has 1 aromatic carbocycles. The molecule has 2 unspecified atom stereocenters. The van der Waals surface area contributed by atoms with Gasteiger partial charge >= 0.3 is 5.97 Å². The number of hydrogen-bond donors (Lipinski definition) is 1. The number of allylic oxidation sites excluding steroid dienone is 2. The number of fused-ring (bicyclic) bond motifs is 1. The van der Waals surface area contributed by atoms with E-state index in [0.717, 1.165) is 49.1 Å². The summed E-state index contributed by atoms with van der Waals surface area (Å²) in [5, 5.41) is 4.01. The van der Waals surface area contributed by atoms with Crippen molar-refractivity contribution in [3.05, 3.63) is 54.8 Å². The minimum absolute atomic E-state index is 0.0711. The maximum atomic E-state index is 13.4. The van der Waals surface area contributed by atoms with E-state index in [0.29, 0.717) is 12.3 Å². The molecule has 4 rings (SSSR count). The second kappa shape index (κ2) is 9.18. The van der Waals surface area contributed by atoms with Gasteiger partial charge in [-0.3, -0.25) is 9.69 Å². The Hall–Kier alpha value is -2.86. The van der Waals surface area contributed by atoms with E-state index in [-0.39, 0.29) is 11.9 Å². The van der Waals surface area contributed by atoms with Gasteiger partial charge in [0.1, 0.15) is 11.1 Å². The zero-order chi connectivity index (χ0) is 23.6. The van der Waals surface area contributed by atoms with E-state index in [1.165, 1.54) is 6.92 Å². The number of likely N-dealkylation sites (tertiary alicyclic amines) is 1. The van der Waals surface area contributed by atoms with Crippen LogP contribution in [0.2, 0.25) is 0 Å². The third kappa shape index (κ3) is 5.06. The van der Waals surface area contributed by atoms with Crippen LogP contribution in [-0.4, -0.2) is 45.6 Å². The average Bonchev–Trinajstić information content (AvgIpc) is 3.10. The van der Waals surface area contributed by atoms with E-state index in [1.54, 1.807) is 0 Å². The molecule has 0 radical (unpaired) electrons. The number of ether oxygens (including phenoxy) is 1. The molecule has 1 N–H and O–H groups in total. The summed E-state index contributed by atoms with van der Waals surface area (Å²) in [6.07, 6.45) is 12.8. The zero-order valence-corrected chi connectivity index (χ0v) is 20.1. The summed E-state index contributed by atoms with van der Waals surface area (Å²) < 4.78 is 8.12. The first-order valence-corrected chi connectivity index (χ1v) is 11.9. The van der Waals surface area contributed by atoms with Crippen LogP contribution in [-0.2, 0) is 20.9 Å². The molecule has 1 aliphatic heterocycles. The van der Waals surface area contributed by atoms with Crippen molar-refractivity contribution in [2.45, 2.75) is 64.6 Å². The number of nitrogens with zero attached hydrogens (tertiary/aromatic N) is 2. The molecule has 1 fully saturated rings. The fraction of sp³-hybridized carbons (Fsp3) is 0.481. The van der Waals surface area contributed by atoms with Crippen LogP contribution >= 0.6 is 0 Å². The van der Waals surface area contributed by atoms with Gasteiger partial charge in [-0.05, 0) is 58.6 Å². The van der Waals surface area contributed by atoms with Crippen LogP contribution in [0.25, 0.3) is 10.9 Å². The molecular formula is C27H35N3O3. The summed E-state index contributed by atoms with van der Waals surface area (Å²) in [4.78, 5) is 27.4. The smallest absolute Gasteiger partial charge is 0.331 e. The zero-order valence-electron chi connectivity index (χ0n) is 20.1. The molecule has 0 saturated carbocycles. The van der Waals surface area contributed by atoms with Gasteiger partial charge in [-0.2, -0.15) is 0 Å². The lowest BCUT2D eigenvalue weighted by molar-refractivity contribution is -0.168. The Morgan fingerprint density at radius 1 is 1.21 bits per heavy atom. The summed E-state index contributed by atoms with van der Waals surface area (Å²) in [7, 11) is 0. The molecule has 176 valence electrons. The van der Waals surface area contributed by atoms with E-state index < -0.39 is 11.1 Å². The fourth-order valence-corrected chi connectivity index (χ4v) is 5.03. The van der Waals surface area contributed by atoms with Crippen molar-refractivity contribution in [1.29, 1.82) is 0 Å². The predicted octanol–water partition coefficient (Wildman–Crippen LogP) is 4.91. The van der Waals surface area contributed by atoms with E-state index >= 15 is 0 Å². The van der Waals surface area contributed by atoms with Gasteiger partial charge in [0.25, 0.3) is 0 Å². The first-order valence-electron chi connectivity index (χ1n) is 11.9. The number of carbonyl (C=O) groups excluding carboxylic acids is 2. The van der Waals surface area contributed by atoms with E-state index in [2.05, 4.69) is 26.9 Å². The second-order valence-corrected chi connectivity index (χ2v) is 10.3. The standard InChI is InChI=1S/C27H35N3O3/c1-20(31)28-23-19-29(24-13-7-6-12-22(23)24)17-21-11-10-16-30(18-21)27(14-8-5-9-15-27)25(32)33-26(2,3)4/h5-9,12-14,19,21H,10-11,15-18H2,1-4H3,(H,28,31). The molecule has 2 atom stereocenters. The summed E-state index contributed by atoms with van der Waals surface area (Å²) >= 11 is 0. The highest BCUT2D eigenvalue weighted by atomic mass is 16.6. The number of para-hydroxylation sites is 1. The fourth-order valence-electron chi connectivity index (χ4n) is 5.03. The maximum Gasteiger partial charge on any atom is 0.331 e. The topological polar surface area (TPSA) is 63.6 Å². The molecule has 1 aliphatic carbocycles. The van der Waals surface area contributed by atoms with Gasteiger partial charge in [0.2, 0.25) is 5.91 Å². The molecular weight excluding hydrogens is 414 g/mol. The highest BCUT2D eigenvalue weighted by Crippen LogP contribution is 2.34. The number of benzene rings is 1. The molecule has 0 spiro atoms. The number of amides is 1. The lowest BCUT2D eigenvalue weighted by atomic mass is 9.85. The van der Waals surface area contributed by atoms with E-state index in [9.17, 15) is 9.59 Å². The first kappa shape index (κ1) is 23.3. The number of hydrogen-bond acceptors (Lipinski definition) is 4. The lowest BCUT2D eigenvalue weighted by Crippen LogP contribution is -2.58. The monoisotopic (exact) mass is 449 g/mol. The molecule has 2 aromatic rings. The molecule has 1 amide bonds. The van der Waals surface area contributed by atoms with Crippen LogP contribution in [0.15, 0.2) is 54.8 Å². The first-order chi connectivity index (χ1) is 15.7. The van der Waals surface area contributed by atoms with E-state index in [4.69, 9.17) is 4.74 Å². The Kier molecular flexibility index (Phi) is 6.48. The summed E-state index contributed by atoms with van der Waals surface area (Å²) in [6.45, 7) is 9.82. The Bertz CT molecular complexity index is 1090. The number of carbonyl (C=O) groups is 2. The van der Waals surface area contributed by atoms with Crippen molar-refractivity contribution in [1.82, 2.24) is 9.47 Å². The van der Waals surface area contributed by atoms with Crippen LogP contribution in [0, 0.1) is 5.92 Å². The van der Waals surface area contributed by atoms with E-state index in [1.807, 2.05) is 63.4 Å². The molecule has 0 bridgehead atoms. The third-order valence-corrected chi connectivity index (χ3v) is 6.44. The molecule has 1 aromatic heterocycles. The van der Waals surface area contributed by atoms with Crippen molar-refractivity contribution < 1.29 is 14.3 Å². The van der Waals surface area contributed by atoms with Gasteiger partial charge in [-0.15, -0.1) is 0 Å². The lowest BCUT2D eigenvalue weighted by Gasteiger charge is -2.45. The van der Waals surface area contributed by atoms with Gasteiger partial charge in [0, 0.05) is 31.6 Å². The molecule has 1 saturated heterocycles. The van der Waals surface area contributed by atoms with Gasteiger partial charge in [-0.25, -0.2) is 4.79 Å². The van der Waals surface area contributed by atoms with Crippen molar-refractivity contribution in [3.63, 3.8) is 0 Å². The van der Waals surface area contributed by atoms with Gasteiger partial charge < -0.3 is 14.6 Å². The summed E-state index contributed by atoms with van der Waals surface area (Å²) in [6, 6.07) is 8.16. The predicted molar refractivity (Wildman–Crippen MR) is 132 cm³/mol. The highest BCUT2D eigenvalue weighted by molar-refractivity contribution is 6.01. The van der Waals surface area contributed by atoms with Gasteiger partial charge in [0.05, 0.1) is 11.2 Å². The number of aromatic nitrogens is 1. The Balaban J connectivity index is 1.57. The summed E-state index contributed by atoms with van der Waals surface area (Å²) in [5.41, 5.74) is 0.677. The van der Waals surface area contributed by atoms with Gasteiger partial charge in [-0.1, -0.05) is 42.5 Å². The van der Waals surface area contributed by atoms with Crippen LogP contribution < -0.4 is 5.32 Å². The quantitative estimate of drug-likeness (QED) is 0.659. The maximum absolute atomic E-state index is 13.4. The molecule has 6 nitrogen and oxygen atoms in total. The van der Waals surface area contributed by atoms with Crippen LogP contribution in [0.5, 0.6) is 0 Å². The average molecular weight is 450 g/mol. The van der Waals surface area contributed by atoms with Crippen molar-refractivity contribution in [2.24, 2.45) is 5.92 Å². The van der Waals surface area contributed by atoms with Gasteiger partial charge in [0.15, 0.2) is 0 Å².